The van der Waals surface area contributed by atoms with Gasteiger partial charge in [-0.1, -0.05) is 12.1 Å². The molecular formula is C14H16N2OS. The van der Waals surface area contributed by atoms with Crippen LogP contribution < -0.4 is 4.90 Å². The van der Waals surface area contributed by atoms with Crippen LogP contribution in [0.25, 0.3) is 10.1 Å². The number of thiophene rings is 1. The minimum atomic E-state index is 0.811. The zero-order valence-corrected chi connectivity index (χ0v) is 11.2. The summed E-state index contributed by atoms with van der Waals surface area (Å²) in [6.45, 7) is 4.32. The third kappa shape index (κ3) is 1.91. The zero-order valence-electron chi connectivity index (χ0n) is 10.4. The molecule has 1 aromatic heterocycles. The summed E-state index contributed by atoms with van der Waals surface area (Å²) in [5, 5.41) is 3.04. The Morgan fingerprint density at radius 1 is 1.22 bits per heavy atom. The van der Waals surface area contributed by atoms with Crippen molar-refractivity contribution >= 4 is 33.4 Å². The molecule has 1 aliphatic rings. The topological polar surface area (TPSA) is 23.6 Å². The second-order valence-electron chi connectivity index (χ2n) is 4.75. The lowest BCUT2D eigenvalue weighted by atomic mass is 10.1. The number of anilines is 1. The normalized spacial score (nSPS) is 17.3. The third-order valence-electron chi connectivity index (χ3n) is 3.58. The number of piperazine rings is 1. The molecule has 0 amide bonds. The van der Waals surface area contributed by atoms with Gasteiger partial charge in [-0.3, -0.25) is 4.79 Å². The smallest absolute Gasteiger partial charge is 0.151 e. The van der Waals surface area contributed by atoms with Gasteiger partial charge in [0.15, 0.2) is 6.29 Å². The van der Waals surface area contributed by atoms with Crippen molar-refractivity contribution in [3.8, 4) is 0 Å². The van der Waals surface area contributed by atoms with Gasteiger partial charge in [0.05, 0.1) is 10.4 Å². The Morgan fingerprint density at radius 3 is 2.72 bits per heavy atom. The number of benzene rings is 1. The standard InChI is InChI=1S/C14H16N2OS/c1-15-5-7-16(8-6-15)13-4-2-3-12-11(9-17)10-18-14(12)13/h2-4,9-10H,5-8H2,1H3. The highest BCUT2D eigenvalue weighted by Gasteiger charge is 2.17. The van der Waals surface area contributed by atoms with Crippen molar-refractivity contribution in [1.29, 1.82) is 0 Å². The Kier molecular flexibility index (Phi) is 3.06. The Bertz CT molecular complexity index is 570. The van der Waals surface area contributed by atoms with Crippen LogP contribution in [0.15, 0.2) is 23.6 Å². The molecule has 0 aliphatic carbocycles. The van der Waals surface area contributed by atoms with Crippen LogP contribution in [0.5, 0.6) is 0 Å². The van der Waals surface area contributed by atoms with Gasteiger partial charge in [-0.15, -0.1) is 11.3 Å². The lowest BCUT2D eigenvalue weighted by molar-refractivity contribution is 0.112. The summed E-state index contributed by atoms with van der Waals surface area (Å²) in [5.41, 5.74) is 2.09. The van der Waals surface area contributed by atoms with E-state index in [2.05, 4.69) is 29.0 Å². The van der Waals surface area contributed by atoms with Crippen molar-refractivity contribution < 1.29 is 4.79 Å². The van der Waals surface area contributed by atoms with E-state index in [0.29, 0.717) is 0 Å². The van der Waals surface area contributed by atoms with E-state index in [0.717, 1.165) is 43.4 Å². The fourth-order valence-electron chi connectivity index (χ4n) is 2.45. The van der Waals surface area contributed by atoms with Crippen LogP contribution in [0.3, 0.4) is 0 Å². The van der Waals surface area contributed by atoms with Crippen molar-refractivity contribution in [2.45, 2.75) is 0 Å². The predicted molar refractivity (Wildman–Crippen MR) is 76.9 cm³/mol. The van der Waals surface area contributed by atoms with E-state index in [9.17, 15) is 4.79 Å². The minimum absolute atomic E-state index is 0.811. The van der Waals surface area contributed by atoms with Crippen LogP contribution in [-0.2, 0) is 0 Å². The number of fused-ring (bicyclic) bond motifs is 1. The first kappa shape index (κ1) is 11.7. The average Bonchev–Trinajstić information content (AvgIpc) is 2.82. The molecule has 0 bridgehead atoms. The van der Waals surface area contributed by atoms with Crippen molar-refractivity contribution in [2.75, 3.05) is 38.1 Å². The van der Waals surface area contributed by atoms with Crippen molar-refractivity contribution in [3.63, 3.8) is 0 Å². The molecule has 0 unspecified atom stereocenters. The minimum Gasteiger partial charge on any atom is -0.368 e. The maximum atomic E-state index is 11.0. The van der Waals surface area contributed by atoms with Gasteiger partial charge in [0.1, 0.15) is 0 Å². The number of carbonyl (C=O) groups excluding carboxylic acids is 1. The number of nitrogens with zero attached hydrogens (tertiary/aromatic N) is 2. The number of aldehydes is 1. The van der Waals surface area contributed by atoms with E-state index >= 15 is 0 Å². The fraction of sp³-hybridized carbons (Fsp3) is 0.357. The summed E-state index contributed by atoms with van der Waals surface area (Å²) in [6.07, 6.45) is 0.951. The molecule has 0 atom stereocenters. The zero-order chi connectivity index (χ0) is 12.5. The number of likely N-dealkylation sites (N-methyl/N-ethyl adjacent to an activating group) is 1. The molecule has 3 rings (SSSR count). The third-order valence-corrected chi connectivity index (χ3v) is 4.62. The van der Waals surface area contributed by atoms with E-state index in [1.165, 1.54) is 10.4 Å². The molecule has 1 aromatic carbocycles. The number of carbonyl (C=O) groups is 1. The molecule has 4 heteroatoms. The summed E-state index contributed by atoms with van der Waals surface area (Å²) in [4.78, 5) is 15.8. The van der Waals surface area contributed by atoms with Crippen LogP contribution in [0.4, 0.5) is 5.69 Å². The van der Waals surface area contributed by atoms with Crippen LogP contribution in [0, 0.1) is 0 Å². The van der Waals surface area contributed by atoms with Gasteiger partial charge >= 0.3 is 0 Å². The van der Waals surface area contributed by atoms with Crippen molar-refractivity contribution in [3.05, 3.63) is 29.1 Å². The Morgan fingerprint density at radius 2 is 2.00 bits per heavy atom. The van der Waals surface area contributed by atoms with Gasteiger partial charge in [-0.2, -0.15) is 0 Å². The number of rotatable bonds is 2. The van der Waals surface area contributed by atoms with Crippen LogP contribution in [0.2, 0.25) is 0 Å². The molecule has 3 nitrogen and oxygen atoms in total. The molecule has 0 N–H and O–H groups in total. The molecule has 1 fully saturated rings. The molecule has 0 spiro atoms. The number of hydrogen-bond acceptors (Lipinski definition) is 4. The predicted octanol–water partition coefficient (Wildman–Crippen LogP) is 2.47. The molecule has 1 aliphatic heterocycles. The Balaban J connectivity index is 2.01. The van der Waals surface area contributed by atoms with Gasteiger partial charge in [-0.05, 0) is 13.1 Å². The maximum Gasteiger partial charge on any atom is 0.151 e. The average molecular weight is 260 g/mol. The molecule has 2 heterocycles. The molecule has 0 saturated carbocycles. The quantitative estimate of drug-likeness (QED) is 0.775. The first-order chi connectivity index (χ1) is 8.79. The maximum absolute atomic E-state index is 11.0. The summed E-state index contributed by atoms with van der Waals surface area (Å²) < 4.78 is 1.24. The van der Waals surface area contributed by atoms with Gasteiger partial charge in [0.2, 0.25) is 0 Å². The second kappa shape index (κ2) is 4.71. The van der Waals surface area contributed by atoms with Crippen LogP contribution in [-0.4, -0.2) is 44.4 Å². The fourth-order valence-corrected chi connectivity index (χ4v) is 3.51. The lowest BCUT2D eigenvalue weighted by Crippen LogP contribution is -2.44. The largest absolute Gasteiger partial charge is 0.368 e. The SMILES string of the molecule is CN1CCN(c2cccc3c(C=O)csc23)CC1. The van der Waals surface area contributed by atoms with E-state index < -0.39 is 0 Å². The van der Waals surface area contributed by atoms with Gasteiger partial charge in [0.25, 0.3) is 0 Å². The summed E-state index contributed by atoms with van der Waals surface area (Å²) in [5.74, 6) is 0. The van der Waals surface area contributed by atoms with Crippen molar-refractivity contribution in [2.24, 2.45) is 0 Å². The van der Waals surface area contributed by atoms with Gasteiger partial charge in [0, 0.05) is 42.5 Å². The molecule has 0 radical (unpaired) electrons. The molecule has 94 valence electrons. The first-order valence-corrected chi connectivity index (χ1v) is 7.06. The molecule has 18 heavy (non-hydrogen) atoms. The molecular weight excluding hydrogens is 244 g/mol. The summed E-state index contributed by atoms with van der Waals surface area (Å²) >= 11 is 1.67. The first-order valence-electron chi connectivity index (χ1n) is 6.18. The molecule has 2 aromatic rings. The Labute approximate surface area is 111 Å². The van der Waals surface area contributed by atoms with E-state index in [-0.39, 0.29) is 0 Å². The van der Waals surface area contributed by atoms with E-state index in [1.54, 1.807) is 11.3 Å². The van der Waals surface area contributed by atoms with Gasteiger partial charge in [-0.25, -0.2) is 0 Å². The summed E-state index contributed by atoms with van der Waals surface area (Å²) in [7, 11) is 2.16. The lowest BCUT2D eigenvalue weighted by Gasteiger charge is -2.34. The van der Waals surface area contributed by atoms with E-state index in [4.69, 9.17) is 0 Å². The monoisotopic (exact) mass is 260 g/mol. The van der Waals surface area contributed by atoms with Crippen LogP contribution in [0.1, 0.15) is 10.4 Å². The number of hydrogen-bond donors (Lipinski definition) is 0. The second-order valence-corrected chi connectivity index (χ2v) is 5.63. The highest BCUT2D eigenvalue weighted by Crippen LogP contribution is 2.34. The van der Waals surface area contributed by atoms with Crippen LogP contribution >= 0.6 is 11.3 Å². The molecule has 1 saturated heterocycles. The van der Waals surface area contributed by atoms with Gasteiger partial charge < -0.3 is 9.80 Å². The van der Waals surface area contributed by atoms with E-state index in [1.807, 2.05) is 11.4 Å². The highest BCUT2D eigenvalue weighted by molar-refractivity contribution is 7.18. The van der Waals surface area contributed by atoms with Crippen molar-refractivity contribution in [1.82, 2.24) is 4.90 Å². The highest BCUT2D eigenvalue weighted by atomic mass is 32.1. The Hall–Kier alpha value is -1.39. The summed E-state index contributed by atoms with van der Waals surface area (Å²) in [6, 6.07) is 6.25.